The molecule has 0 saturated carbocycles. The fraction of sp³-hybridized carbons (Fsp3) is 0.267. The highest BCUT2D eigenvalue weighted by molar-refractivity contribution is 5.94. The molecular formula is C15H17N3O2. The van der Waals surface area contributed by atoms with Crippen LogP contribution in [-0.4, -0.2) is 17.4 Å². The number of furan rings is 1. The van der Waals surface area contributed by atoms with Gasteiger partial charge < -0.3 is 4.42 Å². The molecule has 0 saturated heterocycles. The van der Waals surface area contributed by atoms with Crippen molar-refractivity contribution >= 4 is 5.91 Å². The van der Waals surface area contributed by atoms with Gasteiger partial charge in [-0.3, -0.25) is 15.1 Å². The molecule has 1 aromatic heterocycles. The number of amides is 1. The number of nitrogens with one attached hydrogen (secondary N) is 1. The maximum absolute atomic E-state index is 11.6. The Kier molecular flexibility index (Phi) is 3.54. The lowest BCUT2D eigenvalue weighted by Gasteiger charge is -2.28. The van der Waals surface area contributed by atoms with E-state index >= 15 is 0 Å². The Labute approximate surface area is 117 Å². The minimum Gasteiger partial charge on any atom is -0.467 e. The van der Waals surface area contributed by atoms with Gasteiger partial charge in [0.15, 0.2) is 0 Å². The molecule has 1 aromatic carbocycles. The summed E-state index contributed by atoms with van der Waals surface area (Å²) in [4.78, 5) is 13.9. The van der Waals surface area contributed by atoms with Crippen LogP contribution in [0.3, 0.4) is 0 Å². The SMILES string of the molecule is NNC(=O)c1ccoc1CN1CCc2ccccc2C1. The molecule has 3 N–H and O–H groups in total. The van der Waals surface area contributed by atoms with E-state index in [0.29, 0.717) is 17.9 Å². The molecule has 0 aliphatic carbocycles. The number of nitrogens with zero attached hydrogens (tertiary/aromatic N) is 1. The highest BCUT2D eigenvalue weighted by Gasteiger charge is 2.20. The monoisotopic (exact) mass is 271 g/mol. The average Bonchev–Trinajstić information content (AvgIpc) is 2.94. The number of nitrogen functional groups attached to an aromatic ring is 1. The number of fused-ring (bicyclic) bond motifs is 1. The molecule has 0 unspecified atom stereocenters. The third-order valence-corrected chi connectivity index (χ3v) is 3.70. The Morgan fingerprint density at radius 1 is 1.30 bits per heavy atom. The van der Waals surface area contributed by atoms with E-state index in [9.17, 15) is 4.79 Å². The second-order valence-corrected chi connectivity index (χ2v) is 4.96. The molecule has 1 aliphatic rings. The van der Waals surface area contributed by atoms with Crippen molar-refractivity contribution in [2.24, 2.45) is 5.84 Å². The van der Waals surface area contributed by atoms with Crippen LogP contribution in [0.1, 0.15) is 27.2 Å². The van der Waals surface area contributed by atoms with Crippen LogP contribution in [0.4, 0.5) is 0 Å². The number of benzene rings is 1. The summed E-state index contributed by atoms with van der Waals surface area (Å²) in [5, 5.41) is 0. The maximum atomic E-state index is 11.6. The van der Waals surface area contributed by atoms with Crippen LogP contribution >= 0.6 is 0 Å². The Bertz CT molecular complexity index is 621. The number of hydrazine groups is 1. The van der Waals surface area contributed by atoms with E-state index in [1.54, 1.807) is 6.07 Å². The summed E-state index contributed by atoms with van der Waals surface area (Å²) in [6.07, 6.45) is 2.55. The van der Waals surface area contributed by atoms with E-state index < -0.39 is 0 Å². The van der Waals surface area contributed by atoms with Gasteiger partial charge in [-0.05, 0) is 23.6 Å². The second-order valence-electron chi connectivity index (χ2n) is 4.96. The number of hydrogen-bond donors (Lipinski definition) is 2. The van der Waals surface area contributed by atoms with E-state index in [1.165, 1.54) is 17.4 Å². The highest BCUT2D eigenvalue weighted by atomic mass is 16.3. The van der Waals surface area contributed by atoms with E-state index in [-0.39, 0.29) is 5.91 Å². The fourth-order valence-electron chi connectivity index (χ4n) is 2.64. The summed E-state index contributed by atoms with van der Waals surface area (Å²) in [6, 6.07) is 10.1. The molecule has 2 heterocycles. The summed E-state index contributed by atoms with van der Waals surface area (Å²) < 4.78 is 5.42. The van der Waals surface area contributed by atoms with Gasteiger partial charge in [0.25, 0.3) is 5.91 Å². The molecule has 3 rings (SSSR count). The lowest BCUT2D eigenvalue weighted by molar-refractivity contribution is 0.0949. The van der Waals surface area contributed by atoms with E-state index in [1.807, 2.05) is 0 Å². The Balaban J connectivity index is 1.74. The largest absolute Gasteiger partial charge is 0.467 e. The van der Waals surface area contributed by atoms with Gasteiger partial charge >= 0.3 is 0 Å². The first-order valence-electron chi connectivity index (χ1n) is 6.64. The van der Waals surface area contributed by atoms with Crippen LogP contribution in [0.5, 0.6) is 0 Å². The number of nitrogens with two attached hydrogens (primary N) is 1. The van der Waals surface area contributed by atoms with Crippen LogP contribution in [0, 0.1) is 0 Å². The third kappa shape index (κ3) is 2.45. The summed E-state index contributed by atoms with van der Waals surface area (Å²) in [5.41, 5.74) is 5.40. The second kappa shape index (κ2) is 5.48. The first-order valence-corrected chi connectivity index (χ1v) is 6.64. The molecule has 0 atom stereocenters. The van der Waals surface area contributed by atoms with Crippen molar-refractivity contribution in [3.63, 3.8) is 0 Å². The smallest absolute Gasteiger partial charge is 0.268 e. The number of rotatable bonds is 3. The molecule has 1 amide bonds. The minimum atomic E-state index is -0.314. The standard InChI is InChI=1S/C15H17N3O2/c16-17-15(19)13-6-8-20-14(13)10-18-7-5-11-3-1-2-4-12(11)9-18/h1-4,6,8H,5,7,9-10,16H2,(H,17,19). The van der Waals surface area contributed by atoms with Gasteiger partial charge in [-0.2, -0.15) is 0 Å². The van der Waals surface area contributed by atoms with Crippen LogP contribution in [0.25, 0.3) is 0 Å². The molecule has 5 heteroatoms. The number of carbonyl (C=O) groups is 1. The topological polar surface area (TPSA) is 71.5 Å². The quantitative estimate of drug-likeness (QED) is 0.503. The average molecular weight is 271 g/mol. The van der Waals surface area contributed by atoms with Crippen molar-refractivity contribution < 1.29 is 9.21 Å². The van der Waals surface area contributed by atoms with E-state index in [4.69, 9.17) is 10.3 Å². The molecule has 0 bridgehead atoms. The molecule has 0 spiro atoms. The zero-order chi connectivity index (χ0) is 13.9. The van der Waals surface area contributed by atoms with Crippen LogP contribution in [0.15, 0.2) is 41.0 Å². The van der Waals surface area contributed by atoms with Gasteiger partial charge in [0.2, 0.25) is 0 Å². The normalized spacial score (nSPS) is 14.8. The van der Waals surface area contributed by atoms with Crippen molar-refractivity contribution in [1.82, 2.24) is 10.3 Å². The lowest BCUT2D eigenvalue weighted by atomic mass is 10.00. The maximum Gasteiger partial charge on any atom is 0.268 e. The van der Waals surface area contributed by atoms with Gasteiger partial charge in [0.1, 0.15) is 5.76 Å². The number of hydrogen-bond acceptors (Lipinski definition) is 4. The van der Waals surface area contributed by atoms with Crippen molar-refractivity contribution in [1.29, 1.82) is 0 Å². The molecule has 0 fully saturated rings. The zero-order valence-electron chi connectivity index (χ0n) is 11.1. The summed E-state index contributed by atoms with van der Waals surface area (Å²) in [7, 11) is 0. The van der Waals surface area contributed by atoms with Gasteiger partial charge in [0, 0.05) is 13.1 Å². The lowest BCUT2D eigenvalue weighted by Crippen LogP contribution is -2.33. The number of carbonyl (C=O) groups excluding carboxylic acids is 1. The van der Waals surface area contributed by atoms with Crippen LogP contribution in [-0.2, 0) is 19.5 Å². The van der Waals surface area contributed by atoms with Crippen LogP contribution < -0.4 is 11.3 Å². The highest BCUT2D eigenvalue weighted by Crippen LogP contribution is 2.21. The Morgan fingerprint density at radius 2 is 2.10 bits per heavy atom. The predicted octanol–water partition coefficient (Wildman–Crippen LogP) is 1.44. The summed E-state index contributed by atoms with van der Waals surface area (Å²) >= 11 is 0. The van der Waals surface area contributed by atoms with E-state index in [2.05, 4.69) is 34.6 Å². The van der Waals surface area contributed by atoms with Crippen LogP contribution in [0.2, 0.25) is 0 Å². The molecule has 2 aromatic rings. The van der Waals surface area contributed by atoms with Gasteiger partial charge in [-0.15, -0.1) is 0 Å². The summed E-state index contributed by atoms with van der Waals surface area (Å²) in [5.74, 6) is 5.52. The predicted molar refractivity (Wildman–Crippen MR) is 74.6 cm³/mol. The molecule has 1 aliphatic heterocycles. The van der Waals surface area contributed by atoms with Crippen molar-refractivity contribution in [2.75, 3.05) is 6.54 Å². The Hall–Kier alpha value is -2.11. The van der Waals surface area contributed by atoms with E-state index in [0.717, 1.165) is 19.5 Å². The van der Waals surface area contributed by atoms with Gasteiger partial charge in [-0.25, -0.2) is 5.84 Å². The molecule has 20 heavy (non-hydrogen) atoms. The van der Waals surface area contributed by atoms with Crippen molar-refractivity contribution in [3.8, 4) is 0 Å². The molecular weight excluding hydrogens is 254 g/mol. The van der Waals surface area contributed by atoms with Crippen molar-refractivity contribution in [2.45, 2.75) is 19.5 Å². The summed E-state index contributed by atoms with van der Waals surface area (Å²) in [6.45, 7) is 2.45. The Morgan fingerprint density at radius 3 is 2.90 bits per heavy atom. The minimum absolute atomic E-state index is 0.314. The first-order chi connectivity index (χ1) is 9.78. The zero-order valence-corrected chi connectivity index (χ0v) is 11.1. The molecule has 5 nitrogen and oxygen atoms in total. The molecule has 0 radical (unpaired) electrons. The van der Waals surface area contributed by atoms with Gasteiger partial charge in [0.05, 0.1) is 18.4 Å². The fourth-order valence-corrected chi connectivity index (χ4v) is 2.64. The van der Waals surface area contributed by atoms with Gasteiger partial charge in [-0.1, -0.05) is 24.3 Å². The first kappa shape index (κ1) is 12.9. The van der Waals surface area contributed by atoms with Crippen molar-refractivity contribution in [3.05, 3.63) is 59.0 Å². The molecule has 104 valence electrons. The third-order valence-electron chi connectivity index (χ3n) is 3.70.